The van der Waals surface area contributed by atoms with Gasteiger partial charge in [0.05, 0.1) is 11.3 Å². The van der Waals surface area contributed by atoms with E-state index < -0.39 is 17.5 Å². The summed E-state index contributed by atoms with van der Waals surface area (Å²) in [4.78, 5) is 16.5. The SMILES string of the molecule is Cc1ccc(-c2csc(NC(=O)c3ccc(F)cc3F)n2)c(C)c1. The van der Waals surface area contributed by atoms with Crippen LogP contribution in [-0.2, 0) is 0 Å². The maximum Gasteiger partial charge on any atom is 0.260 e. The number of benzene rings is 2. The highest BCUT2D eigenvalue weighted by Gasteiger charge is 2.15. The molecule has 0 saturated heterocycles. The van der Waals surface area contributed by atoms with Crippen molar-refractivity contribution in [1.29, 1.82) is 0 Å². The average molecular weight is 344 g/mol. The number of carbonyl (C=O) groups excluding carboxylic acids is 1. The Balaban J connectivity index is 1.82. The minimum atomic E-state index is -0.904. The molecule has 1 amide bonds. The van der Waals surface area contributed by atoms with E-state index >= 15 is 0 Å². The van der Waals surface area contributed by atoms with Gasteiger partial charge in [-0.25, -0.2) is 13.8 Å². The van der Waals surface area contributed by atoms with Gasteiger partial charge in [-0.15, -0.1) is 11.3 Å². The zero-order chi connectivity index (χ0) is 17.3. The molecule has 1 N–H and O–H groups in total. The summed E-state index contributed by atoms with van der Waals surface area (Å²) in [5, 5.41) is 4.73. The van der Waals surface area contributed by atoms with Gasteiger partial charge in [-0.1, -0.05) is 23.8 Å². The molecule has 0 bridgehead atoms. The predicted octanol–water partition coefficient (Wildman–Crippen LogP) is 4.96. The number of anilines is 1. The quantitative estimate of drug-likeness (QED) is 0.730. The maximum atomic E-state index is 13.6. The van der Waals surface area contributed by atoms with Crippen molar-refractivity contribution in [2.24, 2.45) is 0 Å². The predicted molar refractivity (Wildman–Crippen MR) is 91.3 cm³/mol. The summed E-state index contributed by atoms with van der Waals surface area (Å²) >= 11 is 1.25. The second-order valence-electron chi connectivity index (χ2n) is 5.43. The lowest BCUT2D eigenvalue weighted by atomic mass is 10.0. The highest BCUT2D eigenvalue weighted by atomic mass is 32.1. The molecule has 0 spiro atoms. The van der Waals surface area contributed by atoms with E-state index in [0.29, 0.717) is 11.2 Å². The molecular formula is C18H14F2N2OS. The summed E-state index contributed by atoms with van der Waals surface area (Å²) in [5.74, 6) is -2.29. The van der Waals surface area contributed by atoms with Crippen molar-refractivity contribution in [1.82, 2.24) is 4.98 Å². The van der Waals surface area contributed by atoms with Gasteiger partial charge in [0, 0.05) is 17.0 Å². The Hall–Kier alpha value is -2.60. The molecule has 3 nitrogen and oxygen atoms in total. The highest BCUT2D eigenvalue weighted by Crippen LogP contribution is 2.28. The standard InChI is InChI=1S/C18H14F2N2OS/c1-10-3-5-13(11(2)7-10)16-9-24-18(21-16)22-17(23)14-6-4-12(19)8-15(14)20/h3-9H,1-2H3,(H,21,22,23). The third-order valence-electron chi connectivity index (χ3n) is 3.56. The number of rotatable bonds is 3. The molecule has 6 heteroatoms. The summed E-state index contributed by atoms with van der Waals surface area (Å²) in [7, 11) is 0. The number of carbonyl (C=O) groups is 1. The number of hydrogen-bond donors (Lipinski definition) is 1. The minimum Gasteiger partial charge on any atom is -0.298 e. The van der Waals surface area contributed by atoms with Crippen molar-refractivity contribution < 1.29 is 13.6 Å². The lowest BCUT2D eigenvalue weighted by molar-refractivity contribution is 0.102. The third-order valence-corrected chi connectivity index (χ3v) is 4.32. The number of halogens is 2. The molecule has 0 atom stereocenters. The maximum absolute atomic E-state index is 13.6. The molecule has 3 rings (SSSR count). The second kappa shape index (κ2) is 6.49. The van der Waals surface area contributed by atoms with E-state index in [-0.39, 0.29) is 5.56 Å². The molecule has 0 aliphatic heterocycles. The van der Waals surface area contributed by atoms with Crippen LogP contribution in [0.4, 0.5) is 13.9 Å². The minimum absolute atomic E-state index is 0.223. The van der Waals surface area contributed by atoms with Crippen LogP contribution in [0.5, 0.6) is 0 Å². The van der Waals surface area contributed by atoms with Crippen LogP contribution in [0.25, 0.3) is 11.3 Å². The van der Waals surface area contributed by atoms with Crippen LogP contribution in [0.15, 0.2) is 41.8 Å². The van der Waals surface area contributed by atoms with E-state index in [2.05, 4.69) is 16.4 Å². The first-order valence-corrected chi connectivity index (χ1v) is 8.11. The van der Waals surface area contributed by atoms with Gasteiger partial charge >= 0.3 is 0 Å². The Morgan fingerprint density at radius 1 is 1.12 bits per heavy atom. The van der Waals surface area contributed by atoms with Crippen LogP contribution in [0, 0.1) is 25.5 Å². The molecule has 0 saturated carbocycles. The van der Waals surface area contributed by atoms with Gasteiger partial charge in [0.2, 0.25) is 0 Å². The number of aromatic nitrogens is 1. The molecule has 0 fully saturated rings. The normalized spacial score (nSPS) is 10.7. The van der Waals surface area contributed by atoms with Crippen molar-refractivity contribution in [3.8, 4) is 11.3 Å². The topological polar surface area (TPSA) is 42.0 Å². The van der Waals surface area contributed by atoms with Gasteiger partial charge < -0.3 is 0 Å². The van der Waals surface area contributed by atoms with Crippen molar-refractivity contribution in [3.05, 3.63) is 70.1 Å². The summed E-state index contributed by atoms with van der Waals surface area (Å²) in [5.41, 5.74) is 3.74. The first-order chi connectivity index (χ1) is 11.4. The number of aryl methyl sites for hydroxylation is 2. The van der Waals surface area contributed by atoms with E-state index in [1.54, 1.807) is 0 Å². The van der Waals surface area contributed by atoms with Gasteiger partial charge in [0.25, 0.3) is 5.91 Å². The fourth-order valence-electron chi connectivity index (χ4n) is 2.39. The Kier molecular flexibility index (Phi) is 4.40. The number of thiazole rings is 1. The zero-order valence-electron chi connectivity index (χ0n) is 13.1. The first kappa shape index (κ1) is 16.3. The van der Waals surface area contributed by atoms with Crippen LogP contribution >= 0.6 is 11.3 Å². The Morgan fingerprint density at radius 3 is 2.62 bits per heavy atom. The van der Waals surface area contributed by atoms with Crippen LogP contribution in [-0.4, -0.2) is 10.9 Å². The van der Waals surface area contributed by atoms with Gasteiger partial charge in [0.1, 0.15) is 11.6 Å². The van der Waals surface area contributed by atoms with Crippen molar-refractivity contribution in [2.45, 2.75) is 13.8 Å². The van der Waals surface area contributed by atoms with E-state index in [9.17, 15) is 13.6 Å². The fourth-order valence-corrected chi connectivity index (χ4v) is 3.10. The molecule has 1 heterocycles. The molecule has 0 radical (unpaired) electrons. The lowest BCUT2D eigenvalue weighted by Crippen LogP contribution is -2.13. The second-order valence-corrected chi connectivity index (χ2v) is 6.29. The Labute approximate surface area is 142 Å². The van der Waals surface area contributed by atoms with E-state index in [1.165, 1.54) is 11.3 Å². The van der Waals surface area contributed by atoms with Crippen LogP contribution in [0.3, 0.4) is 0 Å². The summed E-state index contributed by atoms with van der Waals surface area (Å²) < 4.78 is 26.6. The largest absolute Gasteiger partial charge is 0.298 e. The summed E-state index contributed by atoms with van der Waals surface area (Å²) in [6, 6.07) is 8.86. The number of nitrogens with zero attached hydrogens (tertiary/aromatic N) is 1. The smallest absolute Gasteiger partial charge is 0.260 e. The van der Waals surface area contributed by atoms with E-state index in [1.807, 2.05) is 31.4 Å². The fraction of sp³-hybridized carbons (Fsp3) is 0.111. The van der Waals surface area contributed by atoms with Crippen LogP contribution in [0.2, 0.25) is 0 Å². The summed E-state index contributed by atoms with van der Waals surface area (Å²) in [6.07, 6.45) is 0. The molecule has 0 aliphatic rings. The average Bonchev–Trinajstić information content (AvgIpc) is 2.95. The van der Waals surface area contributed by atoms with Crippen molar-refractivity contribution >= 4 is 22.4 Å². The molecule has 2 aromatic carbocycles. The molecule has 3 aromatic rings. The molecule has 1 aromatic heterocycles. The summed E-state index contributed by atoms with van der Waals surface area (Å²) in [6.45, 7) is 4.01. The molecular weight excluding hydrogens is 330 g/mol. The Morgan fingerprint density at radius 2 is 1.92 bits per heavy atom. The van der Waals surface area contributed by atoms with E-state index in [0.717, 1.165) is 34.5 Å². The highest BCUT2D eigenvalue weighted by molar-refractivity contribution is 7.14. The molecule has 122 valence electrons. The van der Waals surface area contributed by atoms with Gasteiger partial charge in [-0.3, -0.25) is 10.1 Å². The van der Waals surface area contributed by atoms with Gasteiger partial charge in [-0.05, 0) is 31.5 Å². The van der Waals surface area contributed by atoms with Crippen LogP contribution in [0.1, 0.15) is 21.5 Å². The van der Waals surface area contributed by atoms with Gasteiger partial charge in [0.15, 0.2) is 5.13 Å². The zero-order valence-corrected chi connectivity index (χ0v) is 13.9. The Bertz CT molecular complexity index is 921. The monoisotopic (exact) mass is 344 g/mol. The van der Waals surface area contributed by atoms with E-state index in [4.69, 9.17) is 0 Å². The van der Waals surface area contributed by atoms with Gasteiger partial charge in [-0.2, -0.15) is 0 Å². The lowest BCUT2D eigenvalue weighted by Gasteiger charge is -2.04. The molecule has 0 aliphatic carbocycles. The van der Waals surface area contributed by atoms with Crippen molar-refractivity contribution in [3.63, 3.8) is 0 Å². The number of amides is 1. The molecule has 24 heavy (non-hydrogen) atoms. The first-order valence-electron chi connectivity index (χ1n) is 7.23. The van der Waals surface area contributed by atoms with Crippen LogP contribution < -0.4 is 5.32 Å². The third kappa shape index (κ3) is 3.33. The number of hydrogen-bond acceptors (Lipinski definition) is 3. The van der Waals surface area contributed by atoms with Crippen molar-refractivity contribution in [2.75, 3.05) is 5.32 Å². The molecule has 0 unspecified atom stereocenters. The number of nitrogens with one attached hydrogen (secondary N) is 1.